The zero-order valence-corrected chi connectivity index (χ0v) is 13.2. The van der Waals surface area contributed by atoms with Crippen molar-refractivity contribution in [2.24, 2.45) is 0 Å². The van der Waals surface area contributed by atoms with E-state index in [1.165, 1.54) is 37.7 Å². The monoisotopic (exact) mass is 275 g/mol. The molecule has 2 unspecified atom stereocenters. The van der Waals surface area contributed by atoms with Crippen LogP contribution in [-0.4, -0.2) is 18.2 Å². The minimum absolute atomic E-state index is 0.102. The van der Waals surface area contributed by atoms with Crippen molar-refractivity contribution in [3.8, 4) is 0 Å². The van der Waals surface area contributed by atoms with Gasteiger partial charge in [0.1, 0.15) is 0 Å². The molecule has 0 aromatic heterocycles. The van der Waals surface area contributed by atoms with Crippen LogP contribution in [0.3, 0.4) is 0 Å². The molecule has 0 saturated carbocycles. The fraction of sp³-hybridized carbons (Fsp3) is 0.667. The van der Waals surface area contributed by atoms with E-state index in [1.807, 2.05) is 0 Å². The Balaban J connectivity index is 1.78. The summed E-state index contributed by atoms with van der Waals surface area (Å²) in [5.74, 6) is 0. The highest BCUT2D eigenvalue weighted by Gasteiger charge is 2.31. The fourth-order valence-electron chi connectivity index (χ4n) is 3.15. The van der Waals surface area contributed by atoms with Gasteiger partial charge in [0.25, 0.3) is 0 Å². The van der Waals surface area contributed by atoms with Gasteiger partial charge in [-0.15, -0.1) is 0 Å². The number of nitrogens with one attached hydrogen (secondary N) is 1. The molecule has 1 N–H and O–H groups in total. The van der Waals surface area contributed by atoms with Crippen molar-refractivity contribution in [3.05, 3.63) is 35.9 Å². The number of hydrogen-bond donors (Lipinski definition) is 1. The van der Waals surface area contributed by atoms with E-state index in [-0.39, 0.29) is 5.60 Å². The standard InChI is InChI=1S/C18H29NO/c1-4-19-17(15-9-6-5-7-10-15)12-8-11-16-13-14-18(2,3)20-16/h5-7,9-10,16-17,19H,4,8,11-14H2,1-3H3. The summed E-state index contributed by atoms with van der Waals surface area (Å²) in [5, 5.41) is 3.60. The van der Waals surface area contributed by atoms with Crippen LogP contribution < -0.4 is 5.32 Å². The molecule has 0 aliphatic carbocycles. The van der Waals surface area contributed by atoms with Crippen molar-refractivity contribution < 1.29 is 4.74 Å². The first-order valence-electron chi connectivity index (χ1n) is 8.07. The lowest BCUT2D eigenvalue weighted by Crippen LogP contribution is -2.22. The average Bonchev–Trinajstić information content (AvgIpc) is 2.78. The van der Waals surface area contributed by atoms with Crippen LogP contribution >= 0.6 is 0 Å². The van der Waals surface area contributed by atoms with E-state index < -0.39 is 0 Å². The predicted octanol–water partition coefficient (Wildman–Crippen LogP) is 4.47. The van der Waals surface area contributed by atoms with Gasteiger partial charge in [0.05, 0.1) is 11.7 Å². The summed E-state index contributed by atoms with van der Waals surface area (Å²) >= 11 is 0. The quantitative estimate of drug-likeness (QED) is 0.793. The Morgan fingerprint density at radius 3 is 2.65 bits per heavy atom. The number of rotatable bonds is 7. The summed E-state index contributed by atoms with van der Waals surface area (Å²) in [7, 11) is 0. The van der Waals surface area contributed by atoms with E-state index in [0.29, 0.717) is 12.1 Å². The van der Waals surface area contributed by atoms with E-state index >= 15 is 0 Å². The van der Waals surface area contributed by atoms with Gasteiger partial charge in [-0.2, -0.15) is 0 Å². The minimum Gasteiger partial charge on any atom is -0.372 e. The lowest BCUT2D eigenvalue weighted by molar-refractivity contribution is -0.0192. The Bertz CT molecular complexity index is 388. The molecule has 20 heavy (non-hydrogen) atoms. The van der Waals surface area contributed by atoms with Gasteiger partial charge in [0.2, 0.25) is 0 Å². The molecule has 1 fully saturated rings. The third-order valence-electron chi connectivity index (χ3n) is 4.23. The second-order valence-corrected chi connectivity index (χ2v) is 6.49. The minimum atomic E-state index is 0.102. The Morgan fingerprint density at radius 2 is 2.05 bits per heavy atom. The van der Waals surface area contributed by atoms with Gasteiger partial charge in [-0.3, -0.25) is 0 Å². The SMILES string of the molecule is CCNC(CCCC1CCC(C)(C)O1)c1ccccc1. The highest BCUT2D eigenvalue weighted by Crippen LogP contribution is 2.32. The summed E-state index contributed by atoms with van der Waals surface area (Å²) in [6.07, 6.45) is 6.52. The van der Waals surface area contributed by atoms with Crippen LogP contribution in [0.2, 0.25) is 0 Å². The summed E-state index contributed by atoms with van der Waals surface area (Å²) in [5.41, 5.74) is 1.51. The first-order chi connectivity index (χ1) is 9.61. The number of hydrogen-bond acceptors (Lipinski definition) is 2. The van der Waals surface area contributed by atoms with Crippen LogP contribution in [-0.2, 0) is 4.74 Å². The molecule has 1 heterocycles. The highest BCUT2D eigenvalue weighted by molar-refractivity contribution is 5.18. The van der Waals surface area contributed by atoms with Crippen molar-refractivity contribution >= 4 is 0 Å². The molecule has 112 valence electrons. The van der Waals surface area contributed by atoms with Gasteiger partial charge >= 0.3 is 0 Å². The summed E-state index contributed by atoms with van der Waals surface area (Å²) < 4.78 is 6.08. The van der Waals surface area contributed by atoms with Crippen LogP contribution in [0.25, 0.3) is 0 Å². The lowest BCUT2D eigenvalue weighted by atomic mass is 9.98. The Labute approximate surface area is 123 Å². The van der Waals surface area contributed by atoms with Gasteiger partial charge in [0.15, 0.2) is 0 Å². The van der Waals surface area contributed by atoms with Crippen LogP contribution in [0.5, 0.6) is 0 Å². The van der Waals surface area contributed by atoms with Crippen LogP contribution in [0, 0.1) is 0 Å². The van der Waals surface area contributed by atoms with E-state index in [2.05, 4.69) is 56.4 Å². The maximum absolute atomic E-state index is 6.08. The smallest absolute Gasteiger partial charge is 0.0631 e. The molecule has 2 atom stereocenters. The van der Waals surface area contributed by atoms with Crippen molar-refractivity contribution in [2.45, 2.75) is 70.6 Å². The zero-order chi connectivity index (χ0) is 14.4. The molecule has 1 aliphatic rings. The fourth-order valence-corrected chi connectivity index (χ4v) is 3.15. The molecule has 1 aromatic rings. The largest absolute Gasteiger partial charge is 0.372 e. The summed E-state index contributed by atoms with van der Waals surface area (Å²) in [4.78, 5) is 0. The number of benzene rings is 1. The normalized spacial score (nSPS) is 22.9. The average molecular weight is 275 g/mol. The summed E-state index contributed by atoms with van der Waals surface area (Å²) in [6, 6.07) is 11.3. The number of ether oxygens (including phenoxy) is 1. The maximum Gasteiger partial charge on any atom is 0.0631 e. The lowest BCUT2D eigenvalue weighted by Gasteiger charge is -2.21. The van der Waals surface area contributed by atoms with Crippen LogP contribution in [0.15, 0.2) is 30.3 Å². The molecule has 0 bridgehead atoms. The first-order valence-corrected chi connectivity index (χ1v) is 8.07. The zero-order valence-electron chi connectivity index (χ0n) is 13.2. The molecule has 0 amide bonds. The molecule has 1 saturated heterocycles. The molecule has 0 spiro atoms. The van der Waals surface area contributed by atoms with Crippen molar-refractivity contribution in [3.63, 3.8) is 0 Å². The van der Waals surface area contributed by atoms with Gasteiger partial charge in [-0.25, -0.2) is 0 Å². The van der Waals surface area contributed by atoms with Crippen LogP contribution in [0.4, 0.5) is 0 Å². The molecule has 2 nitrogen and oxygen atoms in total. The third kappa shape index (κ3) is 4.60. The Hall–Kier alpha value is -0.860. The van der Waals surface area contributed by atoms with Crippen molar-refractivity contribution in [1.82, 2.24) is 5.32 Å². The van der Waals surface area contributed by atoms with E-state index in [1.54, 1.807) is 0 Å². The van der Waals surface area contributed by atoms with Gasteiger partial charge < -0.3 is 10.1 Å². The molecular weight excluding hydrogens is 246 g/mol. The maximum atomic E-state index is 6.08. The molecule has 2 heteroatoms. The Kier molecular flexibility index (Phi) is 5.62. The second kappa shape index (κ2) is 7.24. The third-order valence-corrected chi connectivity index (χ3v) is 4.23. The van der Waals surface area contributed by atoms with Gasteiger partial charge in [-0.1, -0.05) is 37.3 Å². The van der Waals surface area contributed by atoms with E-state index in [9.17, 15) is 0 Å². The van der Waals surface area contributed by atoms with E-state index in [0.717, 1.165) is 6.54 Å². The second-order valence-electron chi connectivity index (χ2n) is 6.49. The molecule has 0 radical (unpaired) electrons. The molecular formula is C18H29NO. The van der Waals surface area contributed by atoms with Gasteiger partial charge in [-0.05, 0) is 58.1 Å². The van der Waals surface area contributed by atoms with Crippen molar-refractivity contribution in [1.29, 1.82) is 0 Å². The highest BCUT2D eigenvalue weighted by atomic mass is 16.5. The molecule has 1 aromatic carbocycles. The van der Waals surface area contributed by atoms with Gasteiger partial charge in [0, 0.05) is 6.04 Å². The van der Waals surface area contributed by atoms with Crippen LogP contribution in [0.1, 0.15) is 64.5 Å². The topological polar surface area (TPSA) is 21.3 Å². The Morgan fingerprint density at radius 1 is 1.30 bits per heavy atom. The van der Waals surface area contributed by atoms with Crippen molar-refractivity contribution in [2.75, 3.05) is 6.54 Å². The summed E-state index contributed by atoms with van der Waals surface area (Å²) in [6.45, 7) is 7.61. The first kappa shape index (κ1) is 15.5. The molecule has 2 rings (SSSR count). The molecule has 1 aliphatic heterocycles. The van der Waals surface area contributed by atoms with E-state index in [4.69, 9.17) is 4.74 Å². The predicted molar refractivity (Wildman–Crippen MR) is 84.9 cm³/mol.